The number of hydrogen-bond acceptors (Lipinski definition) is 1. The van der Waals surface area contributed by atoms with Gasteiger partial charge in [0.05, 0.1) is 12.0 Å². The first-order valence-corrected chi connectivity index (χ1v) is 5.17. The molecule has 0 aromatic rings. The minimum atomic E-state index is 0.308. The molecule has 1 saturated carbocycles. The van der Waals surface area contributed by atoms with E-state index in [0.717, 1.165) is 12.8 Å². The minimum absolute atomic E-state index is 0.308. The minimum Gasteiger partial charge on any atom is -0.198 e. The highest BCUT2D eigenvalue weighted by molar-refractivity contribution is 5.27. The van der Waals surface area contributed by atoms with Crippen LogP contribution in [0.3, 0.4) is 0 Å². The van der Waals surface area contributed by atoms with Crippen molar-refractivity contribution in [2.24, 2.45) is 17.8 Å². The first-order chi connectivity index (χ1) is 6.06. The van der Waals surface area contributed by atoms with Crippen LogP contribution in [-0.2, 0) is 0 Å². The predicted molar refractivity (Wildman–Crippen MR) is 55.0 cm³/mol. The highest BCUT2D eigenvalue weighted by Crippen LogP contribution is 2.39. The van der Waals surface area contributed by atoms with E-state index in [4.69, 9.17) is 5.26 Å². The predicted octanol–water partition coefficient (Wildman–Crippen LogP) is 3.53. The molecule has 0 aromatic heterocycles. The third kappa shape index (κ3) is 2.12. The van der Waals surface area contributed by atoms with Gasteiger partial charge in [-0.1, -0.05) is 38.8 Å². The molecule has 0 spiro atoms. The third-order valence-electron chi connectivity index (χ3n) is 2.82. The summed E-state index contributed by atoms with van der Waals surface area (Å²) >= 11 is 0. The summed E-state index contributed by atoms with van der Waals surface area (Å²) in [7, 11) is 0. The van der Waals surface area contributed by atoms with Crippen LogP contribution in [0.25, 0.3) is 0 Å². The van der Waals surface area contributed by atoms with Crippen molar-refractivity contribution in [1.29, 1.82) is 5.26 Å². The van der Waals surface area contributed by atoms with E-state index in [1.807, 2.05) is 0 Å². The summed E-state index contributed by atoms with van der Waals surface area (Å²) in [6.07, 6.45) is 2.06. The summed E-state index contributed by atoms with van der Waals surface area (Å²) in [6.45, 7) is 9.01. The molecule has 0 radical (unpaired) electrons. The Kier molecular flexibility index (Phi) is 3.14. The second-order valence-electron chi connectivity index (χ2n) is 4.60. The van der Waals surface area contributed by atoms with Crippen molar-refractivity contribution in [3.8, 4) is 6.07 Å². The Hall–Kier alpha value is -0.770. The fourth-order valence-electron chi connectivity index (χ4n) is 2.35. The maximum atomic E-state index is 8.69. The molecule has 0 aliphatic heterocycles. The molecule has 1 heteroatoms. The van der Waals surface area contributed by atoms with Crippen LogP contribution in [0.15, 0.2) is 11.1 Å². The second kappa shape index (κ2) is 3.96. The lowest BCUT2D eigenvalue weighted by atomic mass is 9.73. The average Bonchev–Trinajstić information content (AvgIpc) is 1.93. The summed E-state index contributed by atoms with van der Waals surface area (Å²) in [6, 6.07) is 2.33. The number of hydrogen-bond donors (Lipinski definition) is 0. The van der Waals surface area contributed by atoms with Crippen LogP contribution in [0.4, 0.5) is 0 Å². The molecule has 1 aliphatic rings. The monoisotopic (exact) mass is 177 g/mol. The van der Waals surface area contributed by atoms with E-state index < -0.39 is 0 Å². The standard InChI is InChI=1S/C12H19N/c1-8(2)12(9(3)4)11-5-10(6-11)7-13/h8-10H,5-6H2,1-4H3. The summed E-state index contributed by atoms with van der Waals surface area (Å²) in [5, 5.41) is 8.69. The lowest BCUT2D eigenvalue weighted by Gasteiger charge is -2.30. The van der Waals surface area contributed by atoms with Crippen molar-refractivity contribution in [2.75, 3.05) is 0 Å². The van der Waals surface area contributed by atoms with Gasteiger partial charge < -0.3 is 0 Å². The van der Waals surface area contributed by atoms with Gasteiger partial charge in [-0.2, -0.15) is 5.26 Å². The van der Waals surface area contributed by atoms with Gasteiger partial charge in [0.15, 0.2) is 0 Å². The molecule has 0 aromatic carbocycles. The second-order valence-corrected chi connectivity index (χ2v) is 4.60. The smallest absolute Gasteiger partial charge is 0.0662 e. The maximum Gasteiger partial charge on any atom is 0.0662 e. The average molecular weight is 177 g/mol. The van der Waals surface area contributed by atoms with Crippen LogP contribution in [0.2, 0.25) is 0 Å². The molecule has 0 heterocycles. The van der Waals surface area contributed by atoms with Crippen molar-refractivity contribution in [2.45, 2.75) is 40.5 Å². The van der Waals surface area contributed by atoms with Crippen LogP contribution >= 0.6 is 0 Å². The molecular formula is C12H19N. The van der Waals surface area contributed by atoms with Crippen LogP contribution in [-0.4, -0.2) is 0 Å². The van der Waals surface area contributed by atoms with Crippen LogP contribution in [0.1, 0.15) is 40.5 Å². The van der Waals surface area contributed by atoms with Crippen molar-refractivity contribution < 1.29 is 0 Å². The molecule has 13 heavy (non-hydrogen) atoms. The molecule has 1 fully saturated rings. The molecule has 1 aliphatic carbocycles. The van der Waals surface area contributed by atoms with Crippen molar-refractivity contribution in [3.63, 3.8) is 0 Å². The van der Waals surface area contributed by atoms with E-state index in [1.165, 1.54) is 0 Å². The van der Waals surface area contributed by atoms with Gasteiger partial charge >= 0.3 is 0 Å². The van der Waals surface area contributed by atoms with Crippen molar-refractivity contribution in [1.82, 2.24) is 0 Å². The largest absolute Gasteiger partial charge is 0.198 e. The summed E-state index contributed by atoms with van der Waals surface area (Å²) in [4.78, 5) is 0. The number of rotatable bonds is 2. The van der Waals surface area contributed by atoms with Gasteiger partial charge in [-0.15, -0.1) is 0 Å². The van der Waals surface area contributed by atoms with E-state index in [2.05, 4.69) is 33.8 Å². The van der Waals surface area contributed by atoms with Crippen LogP contribution in [0.5, 0.6) is 0 Å². The van der Waals surface area contributed by atoms with E-state index in [0.29, 0.717) is 17.8 Å². The maximum absolute atomic E-state index is 8.69. The Morgan fingerprint density at radius 2 is 1.69 bits per heavy atom. The molecular weight excluding hydrogens is 158 g/mol. The van der Waals surface area contributed by atoms with Gasteiger partial charge in [0, 0.05) is 0 Å². The third-order valence-corrected chi connectivity index (χ3v) is 2.82. The highest BCUT2D eigenvalue weighted by atomic mass is 14.4. The zero-order chi connectivity index (χ0) is 10.0. The Bertz CT molecular complexity index is 235. The van der Waals surface area contributed by atoms with Crippen LogP contribution in [0, 0.1) is 29.1 Å². The van der Waals surface area contributed by atoms with Crippen molar-refractivity contribution >= 4 is 0 Å². The Labute approximate surface area is 81.5 Å². The lowest BCUT2D eigenvalue weighted by molar-refractivity contribution is 0.482. The normalized spacial score (nSPS) is 21.6. The quantitative estimate of drug-likeness (QED) is 0.592. The SMILES string of the molecule is CC(C)C(=C1CC(C#N)C1)C(C)C. The fourth-order valence-corrected chi connectivity index (χ4v) is 2.35. The molecule has 72 valence electrons. The van der Waals surface area contributed by atoms with E-state index in [1.54, 1.807) is 11.1 Å². The van der Waals surface area contributed by atoms with E-state index in [9.17, 15) is 0 Å². The molecule has 0 bridgehead atoms. The zero-order valence-electron chi connectivity index (χ0n) is 9.09. The van der Waals surface area contributed by atoms with Gasteiger partial charge in [0.2, 0.25) is 0 Å². The van der Waals surface area contributed by atoms with Crippen LogP contribution < -0.4 is 0 Å². The Balaban J connectivity index is 2.73. The zero-order valence-corrected chi connectivity index (χ0v) is 9.09. The molecule has 0 unspecified atom stereocenters. The highest BCUT2D eigenvalue weighted by Gasteiger charge is 2.27. The number of nitrogens with zero attached hydrogens (tertiary/aromatic N) is 1. The van der Waals surface area contributed by atoms with Gasteiger partial charge in [-0.05, 0) is 24.7 Å². The Morgan fingerprint density at radius 3 is 2.00 bits per heavy atom. The fraction of sp³-hybridized carbons (Fsp3) is 0.750. The van der Waals surface area contributed by atoms with Gasteiger partial charge in [-0.25, -0.2) is 0 Å². The summed E-state index contributed by atoms with van der Waals surface area (Å²) in [5.74, 6) is 1.60. The molecule has 0 saturated heterocycles. The van der Waals surface area contributed by atoms with Gasteiger partial charge in [-0.3, -0.25) is 0 Å². The molecule has 1 rings (SSSR count). The van der Waals surface area contributed by atoms with Crippen molar-refractivity contribution in [3.05, 3.63) is 11.1 Å². The topological polar surface area (TPSA) is 23.8 Å². The molecule has 0 atom stereocenters. The number of nitriles is 1. The summed E-state index contributed by atoms with van der Waals surface area (Å²) in [5.41, 5.74) is 3.14. The molecule has 0 N–H and O–H groups in total. The summed E-state index contributed by atoms with van der Waals surface area (Å²) < 4.78 is 0. The lowest BCUT2D eigenvalue weighted by Crippen LogP contribution is -2.18. The molecule has 1 nitrogen and oxygen atoms in total. The number of allylic oxidation sites excluding steroid dienone is 2. The first-order valence-electron chi connectivity index (χ1n) is 5.17. The van der Waals surface area contributed by atoms with E-state index >= 15 is 0 Å². The first kappa shape index (κ1) is 10.3. The molecule has 0 amide bonds. The Morgan fingerprint density at radius 1 is 1.23 bits per heavy atom. The van der Waals surface area contributed by atoms with Gasteiger partial charge in [0.1, 0.15) is 0 Å². The van der Waals surface area contributed by atoms with E-state index in [-0.39, 0.29) is 0 Å². The van der Waals surface area contributed by atoms with Gasteiger partial charge in [0.25, 0.3) is 0 Å².